The van der Waals surface area contributed by atoms with Crippen molar-refractivity contribution in [2.45, 2.75) is 130 Å². The molecule has 0 aliphatic heterocycles. The summed E-state index contributed by atoms with van der Waals surface area (Å²) in [6.07, 6.45) is 10.6. The largest absolute Gasteiger partial charge is 0.507 e. The van der Waals surface area contributed by atoms with Gasteiger partial charge in [-0.1, -0.05) is 87.0 Å². The molecule has 2 N–H and O–H groups in total. The zero-order chi connectivity index (χ0) is 30.6. The van der Waals surface area contributed by atoms with Crippen LogP contribution in [0, 0.1) is 0 Å². The maximum absolute atomic E-state index is 14.2. The zero-order valence-electron chi connectivity index (χ0n) is 28.0. The van der Waals surface area contributed by atoms with E-state index in [0.29, 0.717) is 25.5 Å². The Labute approximate surface area is 247 Å². The van der Waals surface area contributed by atoms with Crippen molar-refractivity contribution >= 4 is 7.60 Å². The maximum Gasteiger partial charge on any atom is 0.351 e. The summed E-state index contributed by atoms with van der Waals surface area (Å²) >= 11 is 0. The summed E-state index contributed by atoms with van der Waals surface area (Å²) in [7, 11) is 1.02. The van der Waals surface area contributed by atoms with Crippen molar-refractivity contribution in [1.29, 1.82) is 0 Å². The highest BCUT2D eigenvalue weighted by Crippen LogP contribution is 2.60. The monoisotopic (exact) mass is 583 g/mol. The summed E-state index contributed by atoms with van der Waals surface area (Å²) in [5, 5.41) is 14.9. The topological polar surface area (TPSA) is 67.8 Å². The van der Waals surface area contributed by atoms with Crippen LogP contribution in [-0.4, -0.2) is 56.5 Å². The molecule has 1 aromatic rings. The first-order valence-corrected chi connectivity index (χ1v) is 17.5. The predicted octanol–water partition coefficient (Wildman–Crippen LogP) is 9.06. The van der Waals surface area contributed by atoms with Crippen LogP contribution in [0.3, 0.4) is 0 Å². The molecular weight excluding hydrogens is 519 g/mol. The van der Waals surface area contributed by atoms with E-state index in [2.05, 4.69) is 67.9 Å². The summed E-state index contributed by atoms with van der Waals surface area (Å²) in [6, 6.07) is 3.99. The molecule has 40 heavy (non-hydrogen) atoms. The summed E-state index contributed by atoms with van der Waals surface area (Å²) in [4.78, 5) is 0. The number of phenolic OH excluding ortho intramolecular Hbond substituents is 1. The molecule has 234 valence electrons. The molecule has 0 aliphatic rings. The number of nitrogens with one attached hydrogen (secondary N) is 1. The van der Waals surface area contributed by atoms with Gasteiger partial charge in [-0.05, 0) is 66.3 Å². The highest BCUT2D eigenvalue weighted by atomic mass is 31.2. The predicted molar refractivity (Wildman–Crippen MR) is 172 cm³/mol. The Kier molecular flexibility index (Phi) is 15.5. The molecular formula is C33H64N2O4P+. The molecule has 1 unspecified atom stereocenters. The van der Waals surface area contributed by atoms with Crippen LogP contribution < -0.4 is 5.32 Å². The summed E-state index contributed by atoms with van der Waals surface area (Å²) < 4.78 is 26.9. The minimum absolute atomic E-state index is 0.291. The zero-order valence-corrected chi connectivity index (χ0v) is 28.9. The van der Waals surface area contributed by atoms with Crippen molar-refractivity contribution in [1.82, 2.24) is 5.32 Å². The van der Waals surface area contributed by atoms with Crippen LogP contribution in [0.25, 0.3) is 0 Å². The lowest BCUT2D eigenvalue weighted by molar-refractivity contribution is -0.889. The van der Waals surface area contributed by atoms with Crippen LogP contribution in [-0.2, 0) is 24.4 Å². The molecule has 0 spiro atoms. The van der Waals surface area contributed by atoms with Gasteiger partial charge in [-0.25, -0.2) is 0 Å². The lowest BCUT2D eigenvalue weighted by Gasteiger charge is -2.34. The number of hydrogen-bond acceptors (Lipinski definition) is 5. The van der Waals surface area contributed by atoms with Crippen molar-refractivity contribution in [2.75, 3.05) is 46.9 Å². The minimum atomic E-state index is -3.53. The first-order valence-electron chi connectivity index (χ1n) is 15.8. The molecule has 0 aliphatic carbocycles. The van der Waals surface area contributed by atoms with Gasteiger partial charge in [-0.2, -0.15) is 0 Å². The second-order valence-electron chi connectivity index (χ2n) is 14.1. The van der Waals surface area contributed by atoms with Crippen molar-refractivity contribution in [3.05, 3.63) is 28.8 Å². The molecule has 0 fully saturated rings. The van der Waals surface area contributed by atoms with Crippen molar-refractivity contribution in [3.8, 4) is 5.75 Å². The number of hydrogen-bond donors (Lipinski definition) is 2. The first-order chi connectivity index (χ1) is 18.5. The normalized spacial score (nSPS) is 14.1. The van der Waals surface area contributed by atoms with E-state index in [4.69, 9.17) is 9.05 Å². The molecule has 0 bridgehead atoms. The van der Waals surface area contributed by atoms with E-state index in [1.165, 1.54) is 51.4 Å². The molecule has 0 radical (unpaired) electrons. The fourth-order valence-corrected chi connectivity index (χ4v) is 7.17. The molecule has 0 aromatic heterocycles. The second-order valence-corrected chi connectivity index (χ2v) is 16.2. The number of unbranched alkanes of at least 4 members (excludes halogenated alkanes) is 7. The molecule has 1 rings (SSSR count). The summed E-state index contributed by atoms with van der Waals surface area (Å²) in [5.41, 5.74) is 1.94. The van der Waals surface area contributed by atoms with Crippen LogP contribution in [0.2, 0.25) is 0 Å². The standard InChI is InChI=1S/C33H63N2O4P/c1-12-15-16-17-18-19-20-21-23-35(10,11)24-22-34-31(40(37,38-13-2)39-14-3)27-25-28(32(4,5)6)30(36)29(26-27)33(7,8)9/h25-26,31,34H,12-24H2,1-11H3/p+1. The first kappa shape index (κ1) is 37.1. The van der Waals surface area contributed by atoms with Crippen molar-refractivity contribution in [3.63, 3.8) is 0 Å². The van der Waals surface area contributed by atoms with Gasteiger partial charge in [0.1, 0.15) is 11.5 Å². The number of phenols is 1. The Hall–Kier alpha value is -0.910. The highest BCUT2D eigenvalue weighted by molar-refractivity contribution is 7.54. The number of likely N-dealkylation sites (N-methyl/N-ethyl adjacent to an activating group) is 1. The van der Waals surface area contributed by atoms with E-state index in [1.807, 2.05) is 26.0 Å². The van der Waals surface area contributed by atoms with Gasteiger partial charge in [0.15, 0.2) is 0 Å². The smallest absolute Gasteiger partial charge is 0.351 e. The molecule has 0 saturated heterocycles. The number of benzene rings is 1. The second kappa shape index (κ2) is 16.7. The quantitative estimate of drug-likeness (QED) is 0.0966. The Morgan fingerprint density at radius 3 is 1.68 bits per heavy atom. The summed E-state index contributed by atoms with van der Waals surface area (Å²) in [6.45, 7) is 21.8. The van der Waals surface area contributed by atoms with Crippen LogP contribution in [0.1, 0.15) is 136 Å². The van der Waals surface area contributed by atoms with Gasteiger partial charge >= 0.3 is 7.60 Å². The molecule has 6 nitrogen and oxygen atoms in total. The third-order valence-corrected chi connectivity index (χ3v) is 10.0. The third kappa shape index (κ3) is 12.1. The van der Waals surface area contributed by atoms with Crippen LogP contribution >= 0.6 is 7.60 Å². The van der Waals surface area contributed by atoms with Crippen molar-refractivity contribution in [2.24, 2.45) is 0 Å². The Bertz CT molecular complexity index is 873. The lowest BCUT2D eigenvalue weighted by atomic mass is 9.78. The Morgan fingerprint density at radius 1 is 0.800 bits per heavy atom. The van der Waals surface area contributed by atoms with Gasteiger partial charge < -0.3 is 18.6 Å². The highest BCUT2D eigenvalue weighted by Gasteiger charge is 2.39. The Morgan fingerprint density at radius 2 is 1.25 bits per heavy atom. The van der Waals surface area contributed by atoms with Crippen LogP contribution in [0.4, 0.5) is 0 Å². The number of nitrogens with zero attached hydrogens (tertiary/aromatic N) is 1. The molecule has 0 saturated carbocycles. The number of rotatable bonds is 19. The van der Waals surface area contributed by atoms with Gasteiger partial charge in [0.25, 0.3) is 0 Å². The van der Waals surface area contributed by atoms with E-state index < -0.39 is 13.4 Å². The van der Waals surface area contributed by atoms with E-state index in [0.717, 1.165) is 34.3 Å². The van der Waals surface area contributed by atoms with Gasteiger partial charge in [0.05, 0.1) is 40.4 Å². The average Bonchev–Trinajstić information content (AvgIpc) is 2.82. The number of aromatic hydroxyl groups is 1. The molecule has 0 heterocycles. The molecule has 7 heteroatoms. The van der Waals surface area contributed by atoms with Crippen LogP contribution in [0.15, 0.2) is 12.1 Å². The van der Waals surface area contributed by atoms with Gasteiger partial charge in [-0.3, -0.25) is 9.88 Å². The fourth-order valence-electron chi connectivity index (χ4n) is 5.21. The van der Waals surface area contributed by atoms with Gasteiger partial charge in [0.2, 0.25) is 0 Å². The molecule has 0 amide bonds. The maximum atomic E-state index is 14.2. The van der Waals surface area contributed by atoms with E-state index in [1.54, 1.807) is 0 Å². The molecule has 1 atom stereocenters. The van der Waals surface area contributed by atoms with Gasteiger partial charge in [-0.15, -0.1) is 0 Å². The van der Waals surface area contributed by atoms with E-state index in [9.17, 15) is 9.67 Å². The van der Waals surface area contributed by atoms with Crippen molar-refractivity contribution < 1.29 is 23.2 Å². The van der Waals surface area contributed by atoms with Crippen LogP contribution in [0.5, 0.6) is 5.75 Å². The van der Waals surface area contributed by atoms with E-state index in [-0.39, 0.29) is 10.8 Å². The number of quaternary nitrogens is 1. The fraction of sp³-hybridized carbons (Fsp3) is 0.818. The van der Waals surface area contributed by atoms with Gasteiger partial charge in [0, 0.05) is 6.54 Å². The lowest BCUT2D eigenvalue weighted by Crippen LogP contribution is -2.45. The minimum Gasteiger partial charge on any atom is -0.507 e. The summed E-state index contributed by atoms with van der Waals surface area (Å²) in [5.74, 6) is -0.313. The molecule has 1 aromatic carbocycles. The SMILES string of the molecule is CCCCCCCCCC[N+](C)(C)CCNC(c1cc(C(C)(C)C)c(O)c(C(C)(C)C)c1)P(=O)(OCC)OCC. The Balaban J connectivity index is 3.17. The third-order valence-electron chi connectivity index (χ3n) is 7.67. The van der Waals surface area contributed by atoms with E-state index >= 15 is 0 Å². The average molecular weight is 584 g/mol.